The average molecular weight is 310 g/mol. The smallest absolute Gasteiger partial charge is 0.119 e. The van der Waals surface area contributed by atoms with Gasteiger partial charge >= 0.3 is 0 Å². The molecule has 0 aliphatic carbocycles. The zero-order valence-corrected chi connectivity index (χ0v) is 13.9. The standard InChI is InChI=1S/C18H22N4O/c1-14-6-4-7-16(10-14)23-9-5-8-22-13-19-11-18(22)17-12-21(3)20-15(17)2/h4,6-7,10-13H,5,8-9H2,1-3H3. The molecule has 5 nitrogen and oxygen atoms in total. The molecule has 2 aromatic heterocycles. The van der Waals surface area contributed by atoms with Crippen LogP contribution in [-0.4, -0.2) is 25.9 Å². The second-order valence-corrected chi connectivity index (χ2v) is 5.79. The van der Waals surface area contributed by atoms with Crippen molar-refractivity contribution >= 4 is 0 Å². The predicted octanol–water partition coefficient (Wildman–Crippen LogP) is 3.37. The molecule has 2 heterocycles. The Bertz CT molecular complexity index is 788. The van der Waals surface area contributed by atoms with Gasteiger partial charge in [-0.15, -0.1) is 0 Å². The summed E-state index contributed by atoms with van der Waals surface area (Å²) in [6.45, 7) is 5.65. The van der Waals surface area contributed by atoms with E-state index in [-0.39, 0.29) is 0 Å². The third-order valence-electron chi connectivity index (χ3n) is 3.80. The van der Waals surface area contributed by atoms with Gasteiger partial charge in [-0.25, -0.2) is 4.98 Å². The molecule has 0 saturated carbocycles. The Kier molecular flexibility index (Phi) is 4.46. The van der Waals surface area contributed by atoms with Crippen LogP contribution in [0.4, 0.5) is 0 Å². The van der Waals surface area contributed by atoms with Gasteiger partial charge in [0.05, 0.1) is 30.5 Å². The van der Waals surface area contributed by atoms with Crippen LogP contribution in [0.15, 0.2) is 43.0 Å². The lowest BCUT2D eigenvalue weighted by molar-refractivity contribution is 0.302. The van der Waals surface area contributed by atoms with Crippen molar-refractivity contribution in [3.05, 3.63) is 54.2 Å². The molecule has 0 fully saturated rings. The van der Waals surface area contributed by atoms with Gasteiger partial charge in [0.2, 0.25) is 0 Å². The number of imidazole rings is 1. The molecule has 0 bridgehead atoms. The number of ether oxygens (including phenoxy) is 1. The van der Waals surface area contributed by atoms with Crippen LogP contribution >= 0.6 is 0 Å². The lowest BCUT2D eigenvalue weighted by atomic mass is 10.2. The lowest BCUT2D eigenvalue weighted by Crippen LogP contribution is -2.05. The number of hydrogen-bond acceptors (Lipinski definition) is 3. The Morgan fingerprint density at radius 2 is 2.09 bits per heavy atom. The lowest BCUT2D eigenvalue weighted by Gasteiger charge is -2.09. The molecule has 3 rings (SSSR count). The highest BCUT2D eigenvalue weighted by atomic mass is 16.5. The predicted molar refractivity (Wildman–Crippen MR) is 90.5 cm³/mol. The van der Waals surface area contributed by atoms with E-state index in [2.05, 4.69) is 33.7 Å². The van der Waals surface area contributed by atoms with Gasteiger partial charge in [-0.1, -0.05) is 12.1 Å². The Hall–Kier alpha value is -2.56. The van der Waals surface area contributed by atoms with E-state index in [0.29, 0.717) is 6.61 Å². The Labute approximate surface area is 136 Å². The van der Waals surface area contributed by atoms with Crippen molar-refractivity contribution in [2.24, 2.45) is 7.05 Å². The van der Waals surface area contributed by atoms with Crippen LogP contribution in [-0.2, 0) is 13.6 Å². The SMILES string of the molecule is Cc1cccc(OCCCn2cncc2-c2cn(C)nc2C)c1. The van der Waals surface area contributed by atoms with E-state index in [4.69, 9.17) is 4.74 Å². The number of aromatic nitrogens is 4. The van der Waals surface area contributed by atoms with Crippen LogP contribution in [0.3, 0.4) is 0 Å². The molecular formula is C18H22N4O. The van der Waals surface area contributed by atoms with Crippen LogP contribution in [0.5, 0.6) is 5.75 Å². The quantitative estimate of drug-likeness (QED) is 0.656. The maximum atomic E-state index is 5.81. The number of rotatable bonds is 6. The van der Waals surface area contributed by atoms with Gasteiger partial charge in [-0.05, 0) is 38.0 Å². The highest BCUT2D eigenvalue weighted by Gasteiger charge is 2.10. The molecule has 120 valence electrons. The van der Waals surface area contributed by atoms with Crippen molar-refractivity contribution in [3.63, 3.8) is 0 Å². The minimum atomic E-state index is 0.688. The van der Waals surface area contributed by atoms with Gasteiger partial charge in [-0.2, -0.15) is 5.10 Å². The van der Waals surface area contributed by atoms with E-state index in [0.717, 1.165) is 35.7 Å². The van der Waals surface area contributed by atoms with Crippen LogP contribution in [0.2, 0.25) is 0 Å². The van der Waals surface area contributed by atoms with Gasteiger partial charge in [0.15, 0.2) is 0 Å². The van der Waals surface area contributed by atoms with Crippen LogP contribution in [0, 0.1) is 13.8 Å². The molecule has 0 unspecified atom stereocenters. The molecule has 1 aromatic carbocycles. The monoisotopic (exact) mass is 310 g/mol. The zero-order chi connectivity index (χ0) is 16.2. The molecule has 0 N–H and O–H groups in total. The first-order valence-corrected chi connectivity index (χ1v) is 7.83. The highest BCUT2D eigenvalue weighted by molar-refractivity contribution is 5.60. The largest absolute Gasteiger partial charge is 0.494 e. The van der Waals surface area contributed by atoms with E-state index >= 15 is 0 Å². The first-order chi connectivity index (χ1) is 11.1. The summed E-state index contributed by atoms with van der Waals surface area (Å²) in [6, 6.07) is 8.14. The second-order valence-electron chi connectivity index (χ2n) is 5.79. The molecule has 0 radical (unpaired) electrons. The van der Waals surface area contributed by atoms with Crippen molar-refractivity contribution in [2.75, 3.05) is 6.61 Å². The van der Waals surface area contributed by atoms with E-state index in [1.807, 2.05) is 49.5 Å². The van der Waals surface area contributed by atoms with Gasteiger partial charge in [0.25, 0.3) is 0 Å². The molecule has 0 aliphatic heterocycles. The third-order valence-corrected chi connectivity index (χ3v) is 3.80. The number of nitrogens with zero attached hydrogens (tertiary/aromatic N) is 4. The topological polar surface area (TPSA) is 44.9 Å². The molecule has 0 aliphatic rings. The van der Waals surface area contributed by atoms with Crippen molar-refractivity contribution in [2.45, 2.75) is 26.8 Å². The van der Waals surface area contributed by atoms with Gasteiger partial charge in [0, 0.05) is 25.4 Å². The molecule has 0 spiro atoms. The second kappa shape index (κ2) is 6.69. The van der Waals surface area contributed by atoms with Crippen LogP contribution in [0.1, 0.15) is 17.7 Å². The molecule has 0 amide bonds. The van der Waals surface area contributed by atoms with Gasteiger partial charge in [-0.3, -0.25) is 4.68 Å². The fourth-order valence-electron chi connectivity index (χ4n) is 2.70. The Balaban J connectivity index is 1.59. The van der Waals surface area contributed by atoms with Crippen molar-refractivity contribution in [1.29, 1.82) is 0 Å². The number of aryl methyl sites for hydroxylation is 4. The van der Waals surface area contributed by atoms with Gasteiger partial charge in [0.1, 0.15) is 5.75 Å². The fraction of sp³-hybridized carbons (Fsp3) is 0.333. The van der Waals surface area contributed by atoms with Crippen LogP contribution in [0.25, 0.3) is 11.3 Å². The summed E-state index contributed by atoms with van der Waals surface area (Å²) in [4.78, 5) is 4.28. The zero-order valence-electron chi connectivity index (χ0n) is 13.9. The molecule has 3 aromatic rings. The number of benzene rings is 1. The van der Waals surface area contributed by atoms with Crippen molar-refractivity contribution in [3.8, 4) is 17.0 Å². The number of hydrogen-bond donors (Lipinski definition) is 0. The average Bonchev–Trinajstić information content (AvgIpc) is 3.09. The fourth-order valence-corrected chi connectivity index (χ4v) is 2.70. The third kappa shape index (κ3) is 3.62. The van der Waals surface area contributed by atoms with Gasteiger partial charge < -0.3 is 9.30 Å². The van der Waals surface area contributed by atoms with Crippen molar-refractivity contribution < 1.29 is 4.74 Å². The van der Waals surface area contributed by atoms with E-state index in [9.17, 15) is 0 Å². The van der Waals surface area contributed by atoms with Crippen molar-refractivity contribution in [1.82, 2.24) is 19.3 Å². The summed E-state index contributed by atoms with van der Waals surface area (Å²) in [5.74, 6) is 0.930. The summed E-state index contributed by atoms with van der Waals surface area (Å²) in [5, 5.41) is 4.40. The maximum Gasteiger partial charge on any atom is 0.119 e. The minimum absolute atomic E-state index is 0.688. The van der Waals surface area contributed by atoms with Crippen LogP contribution < -0.4 is 4.74 Å². The summed E-state index contributed by atoms with van der Waals surface area (Å²) in [5.41, 5.74) is 4.47. The molecule has 0 atom stereocenters. The Morgan fingerprint density at radius 3 is 2.83 bits per heavy atom. The molecular weight excluding hydrogens is 288 g/mol. The normalized spacial score (nSPS) is 10.9. The molecule has 23 heavy (non-hydrogen) atoms. The van der Waals surface area contributed by atoms with E-state index in [1.54, 1.807) is 0 Å². The van der Waals surface area contributed by atoms with E-state index < -0.39 is 0 Å². The minimum Gasteiger partial charge on any atom is -0.494 e. The summed E-state index contributed by atoms with van der Waals surface area (Å²) in [7, 11) is 1.94. The van der Waals surface area contributed by atoms with E-state index in [1.165, 1.54) is 5.56 Å². The first-order valence-electron chi connectivity index (χ1n) is 7.83. The molecule has 5 heteroatoms. The highest BCUT2D eigenvalue weighted by Crippen LogP contribution is 2.22. The summed E-state index contributed by atoms with van der Waals surface area (Å²) < 4.78 is 9.80. The Morgan fingerprint density at radius 1 is 1.22 bits per heavy atom. The maximum absolute atomic E-state index is 5.81. The summed E-state index contributed by atoms with van der Waals surface area (Å²) >= 11 is 0. The first kappa shape index (κ1) is 15.3. The summed E-state index contributed by atoms with van der Waals surface area (Å²) in [6.07, 6.45) is 6.72. The molecule has 0 saturated heterocycles.